The monoisotopic (exact) mass is 801 g/mol. The number of anilines is 3. The van der Waals surface area contributed by atoms with E-state index in [1.807, 2.05) is 0 Å². The Hall–Kier alpha value is -8.40. The first-order valence-electron chi connectivity index (χ1n) is 21.7. The van der Waals surface area contributed by atoms with Gasteiger partial charge < -0.3 is 14.0 Å². The van der Waals surface area contributed by atoms with E-state index in [-0.39, 0.29) is 0 Å². The Morgan fingerprint density at radius 1 is 0.270 bits per heavy atom. The third kappa shape index (κ3) is 5.46. The maximum atomic E-state index is 2.50. The molecule has 13 aromatic rings. The average Bonchev–Trinajstić information content (AvgIpc) is 3.88. The maximum absolute atomic E-state index is 2.50. The number of rotatable bonds is 6. The normalized spacial score (nSPS) is 11.8. The Balaban J connectivity index is 1.08. The molecule has 13 rings (SSSR count). The summed E-state index contributed by atoms with van der Waals surface area (Å²) in [5, 5.41) is 12.4. The fraction of sp³-hybridized carbons (Fsp3) is 0. The molecule has 0 aliphatic carbocycles. The molecule has 0 aliphatic rings. The van der Waals surface area contributed by atoms with Crippen LogP contribution in [0.25, 0.3) is 98.4 Å². The largest absolute Gasteiger partial charge is 0.309 e. The Morgan fingerprint density at radius 3 is 1.59 bits per heavy atom. The summed E-state index contributed by atoms with van der Waals surface area (Å²) < 4.78 is 4.83. The van der Waals surface area contributed by atoms with Crippen LogP contribution in [-0.2, 0) is 0 Å². The molecular weight excluding hydrogens is 763 g/mol. The highest BCUT2D eigenvalue weighted by Crippen LogP contribution is 2.47. The van der Waals surface area contributed by atoms with Gasteiger partial charge in [-0.3, -0.25) is 0 Å². The lowest BCUT2D eigenvalue weighted by molar-refractivity contribution is 1.17. The van der Waals surface area contributed by atoms with Crippen LogP contribution < -0.4 is 4.90 Å². The van der Waals surface area contributed by atoms with Crippen molar-refractivity contribution >= 4 is 93.0 Å². The van der Waals surface area contributed by atoms with Gasteiger partial charge in [0.2, 0.25) is 0 Å². The second-order valence-electron chi connectivity index (χ2n) is 16.5. The van der Waals surface area contributed by atoms with Crippen molar-refractivity contribution in [2.45, 2.75) is 0 Å². The molecule has 0 unspecified atom stereocenters. The first-order chi connectivity index (χ1) is 31.3. The van der Waals surface area contributed by atoms with Crippen LogP contribution in [0.2, 0.25) is 0 Å². The number of nitrogens with zero attached hydrogens (tertiary/aromatic N) is 3. The zero-order chi connectivity index (χ0) is 41.4. The van der Waals surface area contributed by atoms with E-state index in [0.29, 0.717) is 0 Å². The quantitative estimate of drug-likeness (QED) is 0.153. The van der Waals surface area contributed by atoms with E-state index >= 15 is 0 Å². The summed E-state index contributed by atoms with van der Waals surface area (Å²) >= 11 is 0. The lowest BCUT2D eigenvalue weighted by Crippen LogP contribution is -2.12. The predicted octanol–water partition coefficient (Wildman–Crippen LogP) is 16.5. The minimum Gasteiger partial charge on any atom is -0.309 e. The van der Waals surface area contributed by atoms with Gasteiger partial charge in [0, 0.05) is 44.0 Å². The van der Waals surface area contributed by atoms with E-state index in [4.69, 9.17) is 0 Å². The summed E-state index contributed by atoms with van der Waals surface area (Å²) in [4.78, 5) is 2.50. The van der Waals surface area contributed by atoms with E-state index in [0.717, 1.165) is 39.5 Å². The van der Waals surface area contributed by atoms with Crippen LogP contribution in [0.1, 0.15) is 0 Å². The number of aromatic nitrogens is 2. The zero-order valence-corrected chi connectivity index (χ0v) is 34.4. The minimum atomic E-state index is 1.09. The van der Waals surface area contributed by atoms with Crippen molar-refractivity contribution in [2.75, 3.05) is 4.90 Å². The standard InChI is InChI=1S/C60H39N3/c1-3-18-43(19-4-1)61-55-28-11-10-25-51(55)54-39-42(33-37-58(54)61)41-17-13-22-45(38-41)62(56-30-14-26-47-49-34-32-40-16-7-8-23-46(40)48(49)35-36-52(47)56)59-31-15-27-53-50-24-9-12-29-57(50)63(60(53)59)44-20-5-2-6-21-44/h1-39H. The lowest BCUT2D eigenvalue weighted by Gasteiger charge is -2.29. The molecule has 0 amide bonds. The molecule has 0 saturated carbocycles. The highest BCUT2D eigenvalue weighted by Gasteiger charge is 2.24. The van der Waals surface area contributed by atoms with Crippen LogP contribution in [0.5, 0.6) is 0 Å². The molecule has 11 aromatic carbocycles. The van der Waals surface area contributed by atoms with Gasteiger partial charge in [-0.05, 0) is 111 Å². The van der Waals surface area contributed by atoms with Gasteiger partial charge in [-0.15, -0.1) is 0 Å². The second kappa shape index (κ2) is 14.1. The molecule has 0 atom stereocenters. The topological polar surface area (TPSA) is 13.1 Å². The van der Waals surface area contributed by atoms with E-state index in [1.54, 1.807) is 0 Å². The van der Waals surface area contributed by atoms with Crippen LogP contribution in [0.15, 0.2) is 237 Å². The van der Waals surface area contributed by atoms with Gasteiger partial charge in [-0.1, -0.05) is 164 Å². The van der Waals surface area contributed by atoms with Crippen LogP contribution in [-0.4, -0.2) is 9.13 Å². The van der Waals surface area contributed by atoms with Gasteiger partial charge >= 0.3 is 0 Å². The van der Waals surface area contributed by atoms with Crippen molar-refractivity contribution in [3.63, 3.8) is 0 Å². The van der Waals surface area contributed by atoms with Gasteiger partial charge in [0.25, 0.3) is 0 Å². The lowest BCUT2D eigenvalue weighted by atomic mass is 9.95. The van der Waals surface area contributed by atoms with E-state index in [1.165, 1.54) is 76.0 Å². The van der Waals surface area contributed by atoms with Crippen LogP contribution in [0.4, 0.5) is 17.1 Å². The molecule has 0 fully saturated rings. The first kappa shape index (κ1) is 35.4. The summed E-state index contributed by atoms with van der Waals surface area (Å²) in [6.07, 6.45) is 0. The molecule has 0 N–H and O–H groups in total. The fourth-order valence-corrected chi connectivity index (χ4v) is 10.3. The molecule has 63 heavy (non-hydrogen) atoms. The first-order valence-corrected chi connectivity index (χ1v) is 21.7. The number of fused-ring (bicyclic) bond motifs is 11. The Kier molecular flexibility index (Phi) is 7.91. The van der Waals surface area contributed by atoms with Gasteiger partial charge in [0.15, 0.2) is 0 Å². The zero-order valence-electron chi connectivity index (χ0n) is 34.4. The second-order valence-corrected chi connectivity index (χ2v) is 16.5. The van der Waals surface area contributed by atoms with Crippen LogP contribution in [0.3, 0.4) is 0 Å². The summed E-state index contributed by atoms with van der Waals surface area (Å²) in [7, 11) is 0. The molecule has 0 saturated heterocycles. The van der Waals surface area contributed by atoms with Gasteiger partial charge in [0.1, 0.15) is 0 Å². The SMILES string of the molecule is c1ccc(-n2c3ccccc3c3cc(-c4cccc(N(c5cccc6c5ccc5c7ccccc7ccc65)c5cccc6c7ccccc7n(-c7ccccc7)c56)c4)ccc32)cc1. The van der Waals surface area contributed by atoms with E-state index in [2.05, 4.69) is 251 Å². The summed E-state index contributed by atoms with van der Waals surface area (Å²) in [6.45, 7) is 0. The third-order valence-corrected chi connectivity index (χ3v) is 13.1. The van der Waals surface area contributed by atoms with Crippen molar-refractivity contribution in [1.29, 1.82) is 0 Å². The Bertz CT molecular complexity index is 3910. The molecule has 294 valence electrons. The molecular formula is C60H39N3. The molecule has 0 bridgehead atoms. The van der Waals surface area contributed by atoms with Gasteiger partial charge in [-0.25, -0.2) is 0 Å². The molecule has 2 heterocycles. The maximum Gasteiger partial charge on any atom is 0.0782 e. The Labute approximate surface area is 364 Å². The molecule has 3 nitrogen and oxygen atoms in total. The smallest absolute Gasteiger partial charge is 0.0782 e. The summed E-state index contributed by atoms with van der Waals surface area (Å²) in [5.74, 6) is 0. The van der Waals surface area contributed by atoms with Crippen molar-refractivity contribution in [3.8, 4) is 22.5 Å². The van der Waals surface area contributed by atoms with Crippen molar-refractivity contribution < 1.29 is 0 Å². The molecule has 0 radical (unpaired) electrons. The van der Waals surface area contributed by atoms with E-state index < -0.39 is 0 Å². The average molecular weight is 802 g/mol. The number of hydrogen-bond donors (Lipinski definition) is 0. The summed E-state index contributed by atoms with van der Waals surface area (Å²) in [5.41, 5.74) is 12.7. The Morgan fingerprint density at radius 2 is 0.794 bits per heavy atom. The number of para-hydroxylation sites is 5. The predicted molar refractivity (Wildman–Crippen MR) is 268 cm³/mol. The highest BCUT2D eigenvalue weighted by molar-refractivity contribution is 6.21. The van der Waals surface area contributed by atoms with Crippen LogP contribution >= 0.6 is 0 Å². The van der Waals surface area contributed by atoms with Crippen molar-refractivity contribution in [2.24, 2.45) is 0 Å². The third-order valence-electron chi connectivity index (χ3n) is 13.1. The molecule has 2 aromatic heterocycles. The number of hydrogen-bond acceptors (Lipinski definition) is 1. The van der Waals surface area contributed by atoms with Crippen LogP contribution in [0, 0.1) is 0 Å². The molecule has 0 aliphatic heterocycles. The van der Waals surface area contributed by atoms with Crippen molar-refractivity contribution in [3.05, 3.63) is 237 Å². The highest BCUT2D eigenvalue weighted by atomic mass is 15.2. The summed E-state index contributed by atoms with van der Waals surface area (Å²) in [6, 6.07) is 86.6. The van der Waals surface area contributed by atoms with Gasteiger partial charge in [-0.2, -0.15) is 0 Å². The molecule has 0 spiro atoms. The van der Waals surface area contributed by atoms with Gasteiger partial charge in [0.05, 0.1) is 33.4 Å². The molecule has 3 heteroatoms. The van der Waals surface area contributed by atoms with Crippen molar-refractivity contribution in [1.82, 2.24) is 9.13 Å². The fourth-order valence-electron chi connectivity index (χ4n) is 10.3. The van der Waals surface area contributed by atoms with E-state index in [9.17, 15) is 0 Å². The number of benzene rings is 11. The minimum absolute atomic E-state index is 1.09.